The molecule has 0 bridgehead atoms. The third kappa shape index (κ3) is 36.2. The summed E-state index contributed by atoms with van der Waals surface area (Å²) in [5, 5.41) is 25.9. The van der Waals surface area contributed by atoms with Crippen molar-refractivity contribution < 1.29 is 20.1 Å². The molecule has 0 aromatic heterocycles. The van der Waals surface area contributed by atoms with Crippen molar-refractivity contribution in [2.45, 2.75) is 41.5 Å². The van der Waals surface area contributed by atoms with Crippen molar-refractivity contribution in [3.05, 3.63) is 0 Å². The number of hydrogen-bond donors (Lipinski definition) is 4. The fourth-order valence-electron chi connectivity index (χ4n) is 0.163. The lowest BCUT2D eigenvalue weighted by Crippen LogP contribution is -2.23. The van der Waals surface area contributed by atoms with E-state index in [1.54, 1.807) is 0 Å². The number of aliphatic hydroxyl groups excluding tert-OH is 2. The summed E-state index contributed by atoms with van der Waals surface area (Å²) in [6, 6.07) is 0. The Labute approximate surface area is 111 Å². The molecule has 1 amide bonds. The Kier molecular flexibility index (Phi) is 20.1. The standard InChI is InChI=1S/C6H14.C4H10O.C3H7NO3/c1-5(2)6(3)4;1-4(2)3-5;5-2-1-4-3(6)7/h5-6H,1-4H3;4-5H,3H2,1-2H3;4-5H,1-2H2,(H,6,7). The van der Waals surface area contributed by atoms with Crippen molar-refractivity contribution >= 4 is 6.09 Å². The van der Waals surface area contributed by atoms with Gasteiger partial charge >= 0.3 is 6.09 Å². The maximum atomic E-state index is 9.54. The molecule has 0 unspecified atom stereocenters. The van der Waals surface area contributed by atoms with Crippen LogP contribution < -0.4 is 5.32 Å². The highest BCUT2D eigenvalue weighted by Gasteiger charge is 1.95. The lowest BCUT2D eigenvalue weighted by molar-refractivity contribution is 0.190. The van der Waals surface area contributed by atoms with Crippen LogP contribution in [0.2, 0.25) is 0 Å². The smallest absolute Gasteiger partial charge is 0.404 e. The number of aliphatic hydroxyl groups is 2. The van der Waals surface area contributed by atoms with Gasteiger partial charge in [-0.05, 0) is 17.8 Å². The fourth-order valence-corrected chi connectivity index (χ4v) is 0.163. The minimum Gasteiger partial charge on any atom is -0.465 e. The third-order valence-electron chi connectivity index (χ3n) is 2.09. The maximum absolute atomic E-state index is 9.54. The molecule has 0 radical (unpaired) electrons. The zero-order valence-electron chi connectivity index (χ0n) is 12.6. The van der Waals surface area contributed by atoms with E-state index in [1.807, 2.05) is 19.2 Å². The molecule has 18 heavy (non-hydrogen) atoms. The summed E-state index contributed by atoms with van der Waals surface area (Å²) in [7, 11) is 0. The quantitative estimate of drug-likeness (QED) is 0.627. The molecule has 0 aromatic rings. The Hall–Kier alpha value is -0.810. The van der Waals surface area contributed by atoms with Crippen molar-refractivity contribution in [3.63, 3.8) is 0 Å². The minimum atomic E-state index is -1.10. The molecule has 0 fully saturated rings. The van der Waals surface area contributed by atoms with E-state index in [9.17, 15) is 4.79 Å². The zero-order valence-corrected chi connectivity index (χ0v) is 12.6. The van der Waals surface area contributed by atoms with E-state index >= 15 is 0 Å². The molecule has 112 valence electrons. The largest absolute Gasteiger partial charge is 0.465 e. The number of hydrogen-bond acceptors (Lipinski definition) is 3. The first kappa shape index (κ1) is 22.4. The van der Waals surface area contributed by atoms with E-state index in [4.69, 9.17) is 15.3 Å². The van der Waals surface area contributed by atoms with Crippen LogP contribution in [-0.4, -0.2) is 41.2 Å². The second-order valence-electron chi connectivity index (χ2n) is 5.02. The monoisotopic (exact) mass is 265 g/mol. The lowest BCUT2D eigenvalue weighted by Gasteiger charge is -2.05. The number of carbonyl (C=O) groups is 1. The van der Waals surface area contributed by atoms with Crippen LogP contribution in [0.25, 0.3) is 0 Å². The predicted molar refractivity (Wildman–Crippen MR) is 74.7 cm³/mol. The van der Waals surface area contributed by atoms with Gasteiger partial charge < -0.3 is 20.6 Å². The van der Waals surface area contributed by atoms with E-state index in [1.165, 1.54) is 0 Å². The van der Waals surface area contributed by atoms with Crippen LogP contribution in [0, 0.1) is 17.8 Å². The summed E-state index contributed by atoms with van der Waals surface area (Å²) < 4.78 is 0. The van der Waals surface area contributed by atoms with Gasteiger partial charge in [-0.15, -0.1) is 0 Å². The number of amides is 1. The summed E-state index contributed by atoms with van der Waals surface area (Å²) in [5.74, 6) is 2.14. The Morgan fingerprint density at radius 3 is 1.39 bits per heavy atom. The molecule has 0 saturated carbocycles. The van der Waals surface area contributed by atoms with Crippen molar-refractivity contribution in [1.29, 1.82) is 0 Å². The van der Waals surface area contributed by atoms with Crippen LogP contribution in [0.5, 0.6) is 0 Å². The second-order valence-corrected chi connectivity index (χ2v) is 5.02. The third-order valence-corrected chi connectivity index (χ3v) is 2.09. The van der Waals surface area contributed by atoms with Crippen LogP contribution in [0.4, 0.5) is 4.79 Å². The van der Waals surface area contributed by atoms with Crippen LogP contribution in [0.1, 0.15) is 41.5 Å². The van der Waals surface area contributed by atoms with E-state index in [0.29, 0.717) is 12.5 Å². The van der Waals surface area contributed by atoms with Crippen LogP contribution in [0.15, 0.2) is 0 Å². The molecule has 0 spiro atoms. The van der Waals surface area contributed by atoms with E-state index in [-0.39, 0.29) is 13.2 Å². The van der Waals surface area contributed by atoms with Gasteiger partial charge in [-0.25, -0.2) is 4.79 Å². The Bertz CT molecular complexity index is 164. The molecule has 0 aliphatic rings. The highest BCUT2D eigenvalue weighted by Crippen LogP contribution is 2.05. The van der Waals surface area contributed by atoms with Gasteiger partial charge in [0.15, 0.2) is 0 Å². The van der Waals surface area contributed by atoms with Gasteiger partial charge in [0.2, 0.25) is 0 Å². The number of nitrogens with one attached hydrogen (secondary N) is 1. The summed E-state index contributed by atoms with van der Waals surface area (Å²) in [6.45, 7) is 13.2. The van der Waals surface area contributed by atoms with Gasteiger partial charge in [-0.1, -0.05) is 41.5 Å². The molecule has 4 N–H and O–H groups in total. The summed E-state index contributed by atoms with van der Waals surface area (Å²) in [6.07, 6.45) is -1.10. The molecule has 0 aliphatic heterocycles. The number of rotatable bonds is 4. The van der Waals surface area contributed by atoms with Gasteiger partial charge in [0, 0.05) is 13.2 Å². The number of carboxylic acid groups (broad SMARTS) is 1. The molecule has 0 aliphatic carbocycles. The van der Waals surface area contributed by atoms with Crippen molar-refractivity contribution in [3.8, 4) is 0 Å². The molecule has 5 nitrogen and oxygen atoms in total. The molecule has 0 aromatic carbocycles. The SMILES string of the molecule is CC(C)C(C)C.CC(C)CO.O=C(O)NCCO. The second kappa shape index (κ2) is 16.2. The maximum Gasteiger partial charge on any atom is 0.404 e. The molecular weight excluding hydrogens is 234 g/mol. The zero-order chi connectivity index (χ0) is 15.1. The minimum absolute atomic E-state index is 0.106. The van der Waals surface area contributed by atoms with Gasteiger partial charge in [-0.3, -0.25) is 0 Å². The van der Waals surface area contributed by atoms with Gasteiger partial charge in [0.05, 0.1) is 6.61 Å². The average molecular weight is 265 g/mol. The first-order valence-corrected chi connectivity index (χ1v) is 6.37. The average Bonchev–Trinajstić information content (AvgIpc) is 2.27. The first-order valence-electron chi connectivity index (χ1n) is 6.37. The fraction of sp³-hybridized carbons (Fsp3) is 0.923. The van der Waals surface area contributed by atoms with Crippen LogP contribution in [-0.2, 0) is 0 Å². The lowest BCUT2D eigenvalue weighted by atomic mass is 10.0. The molecule has 5 heteroatoms. The van der Waals surface area contributed by atoms with E-state index in [0.717, 1.165) is 11.8 Å². The highest BCUT2D eigenvalue weighted by molar-refractivity contribution is 5.64. The summed E-state index contributed by atoms with van der Waals surface area (Å²) in [5.41, 5.74) is 0. The van der Waals surface area contributed by atoms with Crippen LogP contribution in [0.3, 0.4) is 0 Å². The Morgan fingerprint density at radius 2 is 1.33 bits per heavy atom. The van der Waals surface area contributed by atoms with Gasteiger partial charge in [-0.2, -0.15) is 0 Å². The normalized spacial score (nSPS) is 9.50. The van der Waals surface area contributed by atoms with E-state index < -0.39 is 6.09 Å². The topological polar surface area (TPSA) is 89.8 Å². The first-order chi connectivity index (χ1) is 8.18. The predicted octanol–water partition coefficient (Wildman–Crippen LogP) is 2.18. The molecule has 0 heterocycles. The molecule has 0 saturated heterocycles. The molecular formula is C13H31NO4. The van der Waals surface area contributed by atoms with Gasteiger partial charge in [0.25, 0.3) is 0 Å². The Morgan fingerprint density at radius 1 is 1.00 bits per heavy atom. The van der Waals surface area contributed by atoms with E-state index in [2.05, 4.69) is 27.7 Å². The highest BCUT2D eigenvalue weighted by atomic mass is 16.4. The molecule has 0 atom stereocenters. The van der Waals surface area contributed by atoms with Gasteiger partial charge in [0.1, 0.15) is 0 Å². The van der Waals surface area contributed by atoms with Crippen molar-refractivity contribution in [1.82, 2.24) is 5.32 Å². The molecule has 0 rings (SSSR count). The Balaban J connectivity index is -0.000000190. The van der Waals surface area contributed by atoms with Crippen LogP contribution >= 0.6 is 0 Å². The van der Waals surface area contributed by atoms with Crippen molar-refractivity contribution in [2.75, 3.05) is 19.8 Å². The summed E-state index contributed by atoms with van der Waals surface area (Å²) in [4.78, 5) is 9.54. The summed E-state index contributed by atoms with van der Waals surface area (Å²) >= 11 is 0. The van der Waals surface area contributed by atoms with Crippen molar-refractivity contribution in [2.24, 2.45) is 17.8 Å².